The van der Waals surface area contributed by atoms with Crippen molar-refractivity contribution < 1.29 is 8.42 Å². The number of nitrogen functional groups attached to an aromatic ring is 1. The molecule has 1 aromatic rings. The summed E-state index contributed by atoms with van der Waals surface area (Å²) in [5.74, 6) is 5.35. The van der Waals surface area contributed by atoms with Gasteiger partial charge >= 0.3 is 0 Å². The summed E-state index contributed by atoms with van der Waals surface area (Å²) in [6.45, 7) is 4.19. The van der Waals surface area contributed by atoms with E-state index in [1.165, 1.54) is 6.20 Å². The van der Waals surface area contributed by atoms with Gasteiger partial charge < -0.3 is 5.43 Å². The summed E-state index contributed by atoms with van der Waals surface area (Å²) in [7, 11) is -3.68. The second-order valence-electron chi connectivity index (χ2n) is 5.91. The maximum absolute atomic E-state index is 12.5. The summed E-state index contributed by atoms with van der Waals surface area (Å²) in [6, 6.07) is 3.15. The van der Waals surface area contributed by atoms with Crippen LogP contribution in [-0.4, -0.2) is 19.4 Å². The fourth-order valence-electron chi connectivity index (χ4n) is 2.67. The summed E-state index contributed by atoms with van der Waals surface area (Å²) in [6.07, 6.45) is 5.50. The minimum absolute atomic E-state index is 0.0452. The van der Waals surface area contributed by atoms with Gasteiger partial charge in [-0.3, -0.25) is 5.84 Å². The van der Waals surface area contributed by atoms with Gasteiger partial charge in [0.25, 0.3) is 10.0 Å². The molecular weight excluding hydrogens is 276 g/mol. The molecule has 20 heavy (non-hydrogen) atoms. The third-order valence-corrected chi connectivity index (χ3v) is 5.42. The normalized spacial score (nSPS) is 22.4. The highest BCUT2D eigenvalue weighted by Gasteiger charge is 2.36. The maximum Gasteiger partial charge on any atom is 0.260 e. The highest BCUT2D eigenvalue weighted by Crippen LogP contribution is 2.36. The molecule has 4 N–H and O–H groups in total. The van der Waals surface area contributed by atoms with Crippen LogP contribution in [0.1, 0.15) is 39.5 Å². The van der Waals surface area contributed by atoms with Crippen LogP contribution in [0.4, 0.5) is 5.69 Å². The van der Waals surface area contributed by atoms with Crippen LogP contribution >= 0.6 is 0 Å². The Morgan fingerprint density at radius 2 is 2.15 bits per heavy atom. The molecule has 0 aliphatic heterocycles. The first-order valence-electron chi connectivity index (χ1n) is 6.81. The number of hydrogen-bond acceptors (Lipinski definition) is 5. The van der Waals surface area contributed by atoms with Gasteiger partial charge in [0.15, 0.2) is 5.03 Å². The predicted octanol–water partition coefficient (Wildman–Crippen LogP) is 1.61. The largest absolute Gasteiger partial charge is 0.321 e. The van der Waals surface area contributed by atoms with Crippen LogP contribution in [0.25, 0.3) is 0 Å². The van der Waals surface area contributed by atoms with Crippen LogP contribution in [0.5, 0.6) is 0 Å². The number of hydrogen-bond donors (Lipinski definition) is 3. The second kappa shape index (κ2) is 5.67. The number of sulfonamides is 1. The highest BCUT2D eigenvalue weighted by molar-refractivity contribution is 7.89. The van der Waals surface area contributed by atoms with Crippen molar-refractivity contribution in [2.75, 3.05) is 5.43 Å². The molecule has 7 heteroatoms. The number of rotatable bonds is 4. The van der Waals surface area contributed by atoms with Crippen LogP contribution < -0.4 is 16.0 Å². The molecule has 6 nitrogen and oxygen atoms in total. The molecule has 1 atom stereocenters. The zero-order valence-electron chi connectivity index (χ0n) is 11.9. The molecule has 1 aliphatic carbocycles. The van der Waals surface area contributed by atoms with Crippen molar-refractivity contribution >= 4 is 15.7 Å². The molecule has 1 unspecified atom stereocenters. The van der Waals surface area contributed by atoms with Crippen molar-refractivity contribution in [1.29, 1.82) is 0 Å². The number of nitrogens with zero attached hydrogens (tertiary/aromatic N) is 1. The zero-order chi connectivity index (χ0) is 14.8. The summed E-state index contributed by atoms with van der Waals surface area (Å²) >= 11 is 0. The quantitative estimate of drug-likeness (QED) is 0.579. The van der Waals surface area contributed by atoms with Gasteiger partial charge in [0, 0.05) is 12.2 Å². The summed E-state index contributed by atoms with van der Waals surface area (Å²) in [4.78, 5) is 3.94. The van der Waals surface area contributed by atoms with E-state index in [4.69, 9.17) is 5.84 Å². The molecule has 1 aromatic heterocycles. The Balaban J connectivity index is 2.27. The molecule has 0 aromatic carbocycles. The number of pyridine rings is 1. The minimum Gasteiger partial charge on any atom is -0.321 e. The summed E-state index contributed by atoms with van der Waals surface area (Å²) in [5.41, 5.74) is 2.63. The summed E-state index contributed by atoms with van der Waals surface area (Å²) < 4.78 is 27.8. The molecule has 0 saturated heterocycles. The lowest BCUT2D eigenvalue weighted by Crippen LogP contribution is -2.47. The monoisotopic (exact) mass is 298 g/mol. The van der Waals surface area contributed by atoms with Gasteiger partial charge in [0.2, 0.25) is 0 Å². The van der Waals surface area contributed by atoms with Crippen molar-refractivity contribution in [1.82, 2.24) is 9.71 Å². The first-order chi connectivity index (χ1) is 9.37. The van der Waals surface area contributed by atoms with Crippen molar-refractivity contribution in [3.63, 3.8) is 0 Å². The van der Waals surface area contributed by atoms with Gasteiger partial charge in [-0.15, -0.1) is 0 Å². The number of nitrogens with one attached hydrogen (secondary N) is 2. The first kappa shape index (κ1) is 15.2. The average molecular weight is 298 g/mol. The van der Waals surface area contributed by atoms with Gasteiger partial charge in [0.1, 0.15) is 0 Å². The van der Waals surface area contributed by atoms with Crippen LogP contribution in [0, 0.1) is 5.41 Å². The fourth-order valence-corrected chi connectivity index (χ4v) is 4.21. The molecular formula is C13H22N4O2S. The van der Waals surface area contributed by atoms with Gasteiger partial charge in [0.05, 0.1) is 5.69 Å². The lowest BCUT2D eigenvalue weighted by atomic mass is 9.74. The Morgan fingerprint density at radius 3 is 2.80 bits per heavy atom. The maximum atomic E-state index is 12.5. The van der Waals surface area contributed by atoms with Crippen molar-refractivity contribution in [3.8, 4) is 0 Å². The van der Waals surface area contributed by atoms with E-state index >= 15 is 0 Å². The van der Waals surface area contributed by atoms with Crippen LogP contribution in [0.15, 0.2) is 23.4 Å². The number of aromatic nitrogens is 1. The van der Waals surface area contributed by atoms with E-state index in [9.17, 15) is 8.42 Å². The molecule has 1 aliphatic rings. The van der Waals surface area contributed by atoms with E-state index in [2.05, 4.69) is 29.0 Å². The molecule has 1 saturated carbocycles. The standard InChI is InChI=1S/C13H22N4O2S/c1-13(2)8-4-3-7-11(13)17-20(18,19)12-10(16-14)6-5-9-15-12/h5-6,9,11,16-17H,3-4,7-8,14H2,1-2H3. The molecule has 0 radical (unpaired) electrons. The average Bonchev–Trinajstić information content (AvgIpc) is 2.41. The topological polar surface area (TPSA) is 97.1 Å². The Morgan fingerprint density at radius 1 is 1.40 bits per heavy atom. The van der Waals surface area contributed by atoms with E-state index in [1.54, 1.807) is 12.1 Å². The smallest absolute Gasteiger partial charge is 0.260 e. The third kappa shape index (κ3) is 3.11. The lowest BCUT2D eigenvalue weighted by molar-refractivity contribution is 0.188. The van der Waals surface area contributed by atoms with Crippen LogP contribution in [0.2, 0.25) is 0 Å². The Kier molecular flexibility index (Phi) is 4.31. The van der Waals surface area contributed by atoms with Gasteiger partial charge in [-0.05, 0) is 30.4 Å². The molecule has 0 spiro atoms. The third-order valence-electron chi connectivity index (χ3n) is 3.99. The number of hydrazine groups is 1. The van der Waals surface area contributed by atoms with Crippen LogP contribution in [-0.2, 0) is 10.0 Å². The minimum atomic E-state index is -3.68. The van der Waals surface area contributed by atoms with Gasteiger partial charge in [-0.25, -0.2) is 18.1 Å². The molecule has 1 fully saturated rings. The van der Waals surface area contributed by atoms with E-state index in [0.717, 1.165) is 25.7 Å². The van der Waals surface area contributed by atoms with Gasteiger partial charge in [-0.2, -0.15) is 0 Å². The van der Waals surface area contributed by atoms with Crippen molar-refractivity contribution in [2.24, 2.45) is 11.3 Å². The Hall–Kier alpha value is -1.18. The molecule has 2 rings (SSSR count). The summed E-state index contributed by atoms with van der Waals surface area (Å²) in [5, 5.41) is -0.0520. The number of nitrogens with two attached hydrogens (primary N) is 1. The van der Waals surface area contributed by atoms with E-state index < -0.39 is 10.0 Å². The Labute approximate surface area is 120 Å². The highest BCUT2D eigenvalue weighted by atomic mass is 32.2. The Bertz CT molecular complexity index is 571. The molecule has 1 heterocycles. The lowest BCUT2D eigenvalue weighted by Gasteiger charge is -2.38. The molecule has 0 amide bonds. The van der Waals surface area contributed by atoms with Crippen LogP contribution in [0.3, 0.4) is 0 Å². The van der Waals surface area contributed by atoms with Crippen molar-refractivity contribution in [3.05, 3.63) is 18.3 Å². The van der Waals surface area contributed by atoms with E-state index in [1.807, 2.05) is 0 Å². The van der Waals surface area contributed by atoms with E-state index in [0.29, 0.717) is 5.69 Å². The zero-order valence-corrected chi connectivity index (χ0v) is 12.7. The second-order valence-corrected chi connectivity index (χ2v) is 7.54. The fraction of sp³-hybridized carbons (Fsp3) is 0.615. The predicted molar refractivity (Wildman–Crippen MR) is 78.4 cm³/mol. The first-order valence-corrected chi connectivity index (χ1v) is 8.29. The number of anilines is 1. The van der Waals surface area contributed by atoms with Crippen molar-refractivity contribution in [2.45, 2.75) is 50.6 Å². The SMILES string of the molecule is CC1(C)CCCCC1NS(=O)(=O)c1ncccc1NN. The molecule has 0 bridgehead atoms. The van der Waals surface area contributed by atoms with Gasteiger partial charge in [-0.1, -0.05) is 26.7 Å². The van der Waals surface area contributed by atoms with E-state index in [-0.39, 0.29) is 16.5 Å². The molecule has 112 valence electrons.